The van der Waals surface area contributed by atoms with Crippen molar-refractivity contribution in [1.29, 1.82) is 0 Å². The fourth-order valence-corrected chi connectivity index (χ4v) is 2.32. The van der Waals surface area contributed by atoms with Gasteiger partial charge in [0.2, 0.25) is 5.88 Å². The lowest BCUT2D eigenvalue weighted by atomic mass is 10.1. The Morgan fingerprint density at radius 2 is 1.81 bits per heavy atom. The second-order valence-corrected chi connectivity index (χ2v) is 4.89. The summed E-state index contributed by atoms with van der Waals surface area (Å²) in [5, 5.41) is 10.5. The molecule has 0 bridgehead atoms. The van der Waals surface area contributed by atoms with Gasteiger partial charge in [-0.15, -0.1) is 0 Å². The van der Waals surface area contributed by atoms with E-state index >= 15 is 0 Å². The Morgan fingerprint density at radius 3 is 2.52 bits per heavy atom. The summed E-state index contributed by atoms with van der Waals surface area (Å²) in [5.41, 5.74) is 2.91. The molecule has 1 aromatic heterocycles. The molecule has 0 saturated heterocycles. The van der Waals surface area contributed by atoms with Crippen molar-refractivity contribution in [3.63, 3.8) is 0 Å². The van der Waals surface area contributed by atoms with Gasteiger partial charge in [-0.1, -0.05) is 37.3 Å². The number of hydrogen-bond donors (Lipinski definition) is 1. The quantitative estimate of drug-likeness (QED) is 0.782. The molecule has 21 heavy (non-hydrogen) atoms. The van der Waals surface area contributed by atoms with E-state index in [0.717, 1.165) is 28.6 Å². The molecule has 0 atom stereocenters. The van der Waals surface area contributed by atoms with Crippen molar-refractivity contribution in [1.82, 2.24) is 4.98 Å². The Labute approximate surface area is 123 Å². The van der Waals surface area contributed by atoms with E-state index in [0.29, 0.717) is 5.88 Å². The number of ether oxygens (including phenoxy) is 1. The first-order valence-electron chi connectivity index (χ1n) is 7.06. The third-order valence-corrected chi connectivity index (χ3v) is 3.50. The van der Waals surface area contributed by atoms with Gasteiger partial charge in [-0.25, -0.2) is 4.98 Å². The molecule has 3 rings (SSSR count). The number of para-hydroxylation sites is 1. The molecule has 0 radical (unpaired) electrons. The molecule has 3 heteroatoms. The molecule has 2 aromatic carbocycles. The van der Waals surface area contributed by atoms with Crippen LogP contribution >= 0.6 is 0 Å². The first-order valence-corrected chi connectivity index (χ1v) is 7.06. The second kappa shape index (κ2) is 5.94. The number of aryl methyl sites for hydroxylation is 1. The normalized spacial score (nSPS) is 10.8. The second-order valence-electron chi connectivity index (χ2n) is 4.89. The van der Waals surface area contributed by atoms with Crippen molar-refractivity contribution in [2.75, 3.05) is 0 Å². The zero-order valence-corrected chi connectivity index (χ0v) is 11.9. The van der Waals surface area contributed by atoms with E-state index in [4.69, 9.17) is 4.74 Å². The number of aromatic nitrogens is 1. The summed E-state index contributed by atoms with van der Waals surface area (Å²) in [6, 6.07) is 17.5. The first kappa shape index (κ1) is 13.6. The fraction of sp³-hybridized carbons (Fsp3) is 0.167. The van der Waals surface area contributed by atoms with E-state index < -0.39 is 0 Å². The van der Waals surface area contributed by atoms with E-state index in [-0.39, 0.29) is 6.61 Å². The highest BCUT2D eigenvalue weighted by Gasteiger charge is 2.06. The van der Waals surface area contributed by atoms with E-state index in [1.165, 1.54) is 5.56 Å². The molecule has 1 heterocycles. The topological polar surface area (TPSA) is 42.4 Å². The van der Waals surface area contributed by atoms with Crippen molar-refractivity contribution in [3.8, 4) is 11.6 Å². The van der Waals surface area contributed by atoms with Crippen LogP contribution in [0.4, 0.5) is 0 Å². The summed E-state index contributed by atoms with van der Waals surface area (Å²) in [6.07, 6.45) is 1.00. The number of aliphatic hydroxyl groups excluding tert-OH is 1. The average Bonchev–Trinajstić information content (AvgIpc) is 2.55. The molecular formula is C18H17NO2. The van der Waals surface area contributed by atoms with Gasteiger partial charge < -0.3 is 9.84 Å². The minimum Gasteiger partial charge on any atom is -0.439 e. The third kappa shape index (κ3) is 2.88. The molecule has 0 aliphatic carbocycles. The van der Waals surface area contributed by atoms with Crippen LogP contribution in [0.2, 0.25) is 0 Å². The van der Waals surface area contributed by atoms with Crippen LogP contribution in [0.25, 0.3) is 10.9 Å². The van der Waals surface area contributed by atoms with E-state index in [2.05, 4.69) is 11.9 Å². The molecule has 0 saturated carbocycles. The Hall–Kier alpha value is -2.39. The zero-order chi connectivity index (χ0) is 14.7. The van der Waals surface area contributed by atoms with Gasteiger partial charge in [0.25, 0.3) is 0 Å². The smallest absolute Gasteiger partial charge is 0.220 e. The standard InChI is InChI=1S/C18H17NO2/c1-2-13-7-9-15(10-8-13)21-18-11-14(12-20)16-5-3-4-6-17(16)19-18/h3-11,20H,2,12H2,1H3. The van der Waals surface area contributed by atoms with Crippen LogP contribution in [0, 0.1) is 0 Å². The number of aliphatic hydroxyl groups is 1. The number of nitrogens with zero attached hydrogens (tertiary/aromatic N) is 1. The molecule has 3 nitrogen and oxygen atoms in total. The summed E-state index contributed by atoms with van der Waals surface area (Å²) in [5.74, 6) is 1.25. The molecule has 0 aliphatic rings. The fourth-order valence-electron chi connectivity index (χ4n) is 2.32. The van der Waals surface area contributed by atoms with Crippen LogP contribution in [-0.2, 0) is 13.0 Å². The maximum atomic E-state index is 9.51. The van der Waals surface area contributed by atoms with Gasteiger partial charge in [0.15, 0.2) is 0 Å². The van der Waals surface area contributed by atoms with Gasteiger partial charge in [-0.2, -0.15) is 0 Å². The summed E-state index contributed by atoms with van der Waals surface area (Å²) in [6.45, 7) is 2.09. The summed E-state index contributed by atoms with van der Waals surface area (Å²) >= 11 is 0. The molecule has 0 aliphatic heterocycles. The highest BCUT2D eigenvalue weighted by atomic mass is 16.5. The Balaban J connectivity index is 1.96. The summed E-state index contributed by atoms with van der Waals surface area (Å²) < 4.78 is 5.81. The SMILES string of the molecule is CCc1ccc(Oc2cc(CO)c3ccccc3n2)cc1. The molecule has 0 spiro atoms. The van der Waals surface area contributed by atoms with Gasteiger partial charge in [0.05, 0.1) is 12.1 Å². The van der Waals surface area contributed by atoms with Crippen LogP contribution in [0.3, 0.4) is 0 Å². The van der Waals surface area contributed by atoms with E-state index in [1.54, 1.807) is 6.07 Å². The Morgan fingerprint density at radius 1 is 1.05 bits per heavy atom. The molecule has 106 valence electrons. The largest absolute Gasteiger partial charge is 0.439 e. The molecule has 0 fully saturated rings. The van der Waals surface area contributed by atoms with Gasteiger partial charge in [0.1, 0.15) is 5.75 Å². The van der Waals surface area contributed by atoms with Crippen molar-refractivity contribution >= 4 is 10.9 Å². The van der Waals surface area contributed by atoms with Gasteiger partial charge in [-0.3, -0.25) is 0 Å². The molecular weight excluding hydrogens is 262 g/mol. The van der Waals surface area contributed by atoms with Crippen LogP contribution < -0.4 is 4.74 Å². The zero-order valence-electron chi connectivity index (χ0n) is 11.9. The maximum absolute atomic E-state index is 9.51. The van der Waals surface area contributed by atoms with Crippen molar-refractivity contribution in [3.05, 3.63) is 65.7 Å². The Bertz CT molecular complexity index is 751. The lowest BCUT2D eigenvalue weighted by molar-refractivity contribution is 0.282. The summed E-state index contributed by atoms with van der Waals surface area (Å²) in [7, 11) is 0. The van der Waals surface area contributed by atoms with E-state index in [9.17, 15) is 5.11 Å². The minimum atomic E-state index is -0.0336. The third-order valence-electron chi connectivity index (χ3n) is 3.50. The number of pyridine rings is 1. The number of rotatable bonds is 4. The highest BCUT2D eigenvalue weighted by Crippen LogP contribution is 2.26. The van der Waals surface area contributed by atoms with Gasteiger partial charge in [0, 0.05) is 11.5 Å². The average molecular weight is 279 g/mol. The lowest BCUT2D eigenvalue weighted by Crippen LogP contribution is -1.94. The predicted octanol–water partition coefficient (Wildman–Crippen LogP) is 4.08. The Kier molecular flexibility index (Phi) is 3.84. The van der Waals surface area contributed by atoms with Crippen LogP contribution in [0.15, 0.2) is 54.6 Å². The minimum absolute atomic E-state index is 0.0336. The predicted molar refractivity (Wildman–Crippen MR) is 83.6 cm³/mol. The number of fused-ring (bicyclic) bond motifs is 1. The van der Waals surface area contributed by atoms with Gasteiger partial charge >= 0.3 is 0 Å². The molecule has 0 unspecified atom stereocenters. The van der Waals surface area contributed by atoms with Crippen molar-refractivity contribution in [2.24, 2.45) is 0 Å². The maximum Gasteiger partial charge on any atom is 0.220 e. The van der Waals surface area contributed by atoms with Gasteiger partial charge in [-0.05, 0) is 35.7 Å². The van der Waals surface area contributed by atoms with Crippen LogP contribution in [-0.4, -0.2) is 10.1 Å². The number of hydrogen-bond acceptors (Lipinski definition) is 3. The lowest BCUT2D eigenvalue weighted by Gasteiger charge is -2.09. The van der Waals surface area contributed by atoms with E-state index in [1.807, 2.05) is 48.5 Å². The number of benzene rings is 2. The first-order chi connectivity index (χ1) is 10.3. The van der Waals surface area contributed by atoms with Crippen molar-refractivity contribution < 1.29 is 9.84 Å². The molecule has 0 amide bonds. The van der Waals surface area contributed by atoms with Crippen LogP contribution in [0.1, 0.15) is 18.1 Å². The van der Waals surface area contributed by atoms with Crippen molar-refractivity contribution in [2.45, 2.75) is 20.0 Å². The molecule has 3 aromatic rings. The highest BCUT2D eigenvalue weighted by molar-refractivity contribution is 5.82. The van der Waals surface area contributed by atoms with Crippen LogP contribution in [0.5, 0.6) is 11.6 Å². The molecule has 1 N–H and O–H groups in total. The monoisotopic (exact) mass is 279 g/mol. The summed E-state index contributed by atoms with van der Waals surface area (Å²) in [4.78, 5) is 4.49.